The van der Waals surface area contributed by atoms with E-state index in [2.05, 4.69) is 75.5 Å². The lowest BCUT2D eigenvalue weighted by Gasteiger charge is -2.30. The Hall–Kier alpha value is -5.22. The highest BCUT2D eigenvalue weighted by Gasteiger charge is 2.26. The molecule has 0 unspecified atom stereocenters. The fourth-order valence-electron chi connectivity index (χ4n) is 5.93. The second-order valence-electron chi connectivity index (χ2n) is 10.8. The highest BCUT2D eigenvalue weighted by atomic mass is 15.3. The molecular formula is C32H28N10. The summed E-state index contributed by atoms with van der Waals surface area (Å²) in [6, 6.07) is 24.7. The standard InChI is InChI=1S/C32H28N10/c1-2-5-26-25(4-1)32-40-39-31(42(32)27-6-3-15-34-30(27)35-26)24-9-7-21(8-10-24)20-41-18-13-23(14-19-41)29-36-28(37-38-29)22-11-16-33-17-12-22/h1-12,15-17,23H,13-14,18-20H2,(H,34,35)(H,36,37,38). The molecule has 1 fully saturated rings. The molecule has 10 heteroatoms. The van der Waals surface area contributed by atoms with E-state index in [4.69, 9.17) is 4.98 Å². The van der Waals surface area contributed by atoms with Crippen molar-refractivity contribution in [1.29, 1.82) is 0 Å². The van der Waals surface area contributed by atoms with Crippen molar-refractivity contribution in [2.75, 3.05) is 18.4 Å². The number of aromatic amines is 1. The SMILES string of the molecule is c1ccc2c(c1)Nc1ncccc1-n1c(-c3ccc(CN4CCC(c5nc(-c6ccncc6)n[nH]5)CC4)cc3)nnc1-2. The first-order valence-corrected chi connectivity index (χ1v) is 14.2. The van der Waals surface area contributed by atoms with Gasteiger partial charge in [0.05, 0.1) is 11.4 Å². The van der Waals surface area contributed by atoms with Crippen LogP contribution in [0.15, 0.2) is 91.4 Å². The molecule has 4 aromatic heterocycles. The van der Waals surface area contributed by atoms with Crippen LogP contribution < -0.4 is 5.32 Å². The van der Waals surface area contributed by atoms with Crippen LogP contribution in [0.25, 0.3) is 39.9 Å². The van der Waals surface area contributed by atoms with Crippen molar-refractivity contribution >= 4 is 11.5 Å². The lowest BCUT2D eigenvalue weighted by atomic mass is 9.95. The third kappa shape index (κ3) is 4.42. The number of likely N-dealkylation sites (tertiary alicyclic amines) is 1. The number of H-pyrrole nitrogens is 1. The van der Waals surface area contributed by atoms with E-state index in [0.717, 1.165) is 89.7 Å². The van der Waals surface area contributed by atoms with E-state index in [-0.39, 0.29) is 0 Å². The van der Waals surface area contributed by atoms with E-state index in [0.29, 0.717) is 5.92 Å². The van der Waals surface area contributed by atoms with Gasteiger partial charge in [0.15, 0.2) is 23.3 Å². The molecule has 2 N–H and O–H groups in total. The van der Waals surface area contributed by atoms with Crippen LogP contribution in [-0.4, -0.2) is 57.9 Å². The summed E-state index contributed by atoms with van der Waals surface area (Å²) in [7, 11) is 0. The van der Waals surface area contributed by atoms with Crippen molar-refractivity contribution in [3.05, 3.63) is 103 Å². The van der Waals surface area contributed by atoms with Gasteiger partial charge in [-0.05, 0) is 67.9 Å². The molecule has 1 saturated heterocycles. The van der Waals surface area contributed by atoms with E-state index in [1.807, 2.05) is 42.5 Å². The number of hydrogen-bond acceptors (Lipinski definition) is 8. The molecule has 0 saturated carbocycles. The number of piperidine rings is 1. The molecule has 0 atom stereocenters. The Labute approximate surface area is 242 Å². The predicted molar refractivity (Wildman–Crippen MR) is 160 cm³/mol. The predicted octanol–water partition coefficient (Wildman–Crippen LogP) is 5.61. The van der Waals surface area contributed by atoms with Gasteiger partial charge in [0, 0.05) is 47.7 Å². The van der Waals surface area contributed by atoms with Crippen molar-refractivity contribution in [2.45, 2.75) is 25.3 Å². The maximum absolute atomic E-state index is 4.78. The smallest absolute Gasteiger partial charge is 0.181 e. The molecule has 8 rings (SSSR count). The van der Waals surface area contributed by atoms with E-state index in [1.165, 1.54) is 5.56 Å². The molecule has 0 bridgehead atoms. The minimum absolute atomic E-state index is 0.395. The first kappa shape index (κ1) is 24.6. The molecule has 0 amide bonds. The van der Waals surface area contributed by atoms with Gasteiger partial charge in [-0.2, -0.15) is 5.10 Å². The first-order chi connectivity index (χ1) is 20.8. The molecule has 0 aliphatic carbocycles. The van der Waals surface area contributed by atoms with Gasteiger partial charge in [-0.3, -0.25) is 19.5 Å². The van der Waals surface area contributed by atoms with Gasteiger partial charge in [0.1, 0.15) is 5.82 Å². The third-order valence-corrected chi connectivity index (χ3v) is 8.15. The number of nitrogens with one attached hydrogen (secondary N) is 2. The zero-order chi connectivity index (χ0) is 27.9. The number of hydrogen-bond donors (Lipinski definition) is 2. The zero-order valence-electron chi connectivity index (χ0n) is 22.9. The van der Waals surface area contributed by atoms with Gasteiger partial charge in [-0.25, -0.2) is 9.97 Å². The normalized spacial score (nSPS) is 14.9. The number of aromatic nitrogens is 8. The Morgan fingerprint density at radius 2 is 1.60 bits per heavy atom. The summed E-state index contributed by atoms with van der Waals surface area (Å²) in [4.78, 5) is 16.0. The summed E-state index contributed by atoms with van der Waals surface area (Å²) in [5.41, 5.74) is 6.16. The Balaban J connectivity index is 0.982. The van der Waals surface area contributed by atoms with Crippen LogP contribution in [0, 0.1) is 0 Å². The van der Waals surface area contributed by atoms with Crippen LogP contribution in [0.4, 0.5) is 11.5 Å². The molecule has 6 heterocycles. The van der Waals surface area contributed by atoms with Crippen molar-refractivity contribution in [2.24, 2.45) is 0 Å². The second-order valence-corrected chi connectivity index (χ2v) is 10.8. The average molecular weight is 553 g/mol. The number of anilines is 2. The fraction of sp³-hybridized carbons (Fsp3) is 0.188. The number of nitrogens with zero attached hydrogens (tertiary/aromatic N) is 8. The van der Waals surface area contributed by atoms with Gasteiger partial charge >= 0.3 is 0 Å². The van der Waals surface area contributed by atoms with Crippen molar-refractivity contribution < 1.29 is 0 Å². The molecule has 2 aliphatic heterocycles. The van der Waals surface area contributed by atoms with Crippen LogP contribution in [0.2, 0.25) is 0 Å². The highest BCUT2D eigenvalue weighted by molar-refractivity contribution is 5.84. The Bertz CT molecular complexity index is 1850. The first-order valence-electron chi connectivity index (χ1n) is 14.2. The summed E-state index contributed by atoms with van der Waals surface area (Å²) in [5, 5.41) is 20.3. The van der Waals surface area contributed by atoms with Crippen LogP contribution in [0.3, 0.4) is 0 Å². The van der Waals surface area contributed by atoms with Gasteiger partial charge in [-0.15, -0.1) is 10.2 Å². The van der Waals surface area contributed by atoms with Gasteiger partial charge in [0.2, 0.25) is 0 Å². The minimum atomic E-state index is 0.395. The molecule has 206 valence electrons. The van der Waals surface area contributed by atoms with Crippen LogP contribution in [-0.2, 0) is 6.54 Å². The van der Waals surface area contributed by atoms with Crippen molar-refractivity contribution in [3.63, 3.8) is 0 Å². The number of pyridine rings is 2. The second kappa shape index (κ2) is 10.3. The van der Waals surface area contributed by atoms with Crippen LogP contribution >= 0.6 is 0 Å². The van der Waals surface area contributed by atoms with Crippen LogP contribution in [0.1, 0.15) is 30.1 Å². The van der Waals surface area contributed by atoms with Gasteiger partial charge in [-0.1, -0.05) is 36.4 Å². The summed E-state index contributed by atoms with van der Waals surface area (Å²) >= 11 is 0. The summed E-state index contributed by atoms with van der Waals surface area (Å²) in [5.74, 6) is 4.48. The van der Waals surface area contributed by atoms with Gasteiger partial charge in [0.25, 0.3) is 0 Å². The molecule has 6 aromatic rings. The van der Waals surface area contributed by atoms with E-state index < -0.39 is 0 Å². The zero-order valence-corrected chi connectivity index (χ0v) is 22.9. The lowest BCUT2D eigenvalue weighted by Crippen LogP contribution is -2.32. The van der Waals surface area contributed by atoms with Gasteiger partial charge < -0.3 is 5.32 Å². The fourth-order valence-corrected chi connectivity index (χ4v) is 5.93. The van der Waals surface area contributed by atoms with E-state index in [9.17, 15) is 0 Å². The van der Waals surface area contributed by atoms with E-state index >= 15 is 0 Å². The molecular weight excluding hydrogens is 524 g/mol. The summed E-state index contributed by atoms with van der Waals surface area (Å²) < 4.78 is 2.10. The Morgan fingerprint density at radius 3 is 2.45 bits per heavy atom. The summed E-state index contributed by atoms with van der Waals surface area (Å²) in [6.07, 6.45) is 7.44. The number of benzene rings is 2. The number of fused-ring (bicyclic) bond motifs is 5. The Morgan fingerprint density at radius 1 is 0.786 bits per heavy atom. The molecule has 42 heavy (non-hydrogen) atoms. The molecule has 0 radical (unpaired) electrons. The van der Waals surface area contributed by atoms with Crippen molar-refractivity contribution in [3.8, 4) is 39.9 Å². The highest BCUT2D eigenvalue weighted by Crippen LogP contribution is 2.39. The molecule has 10 nitrogen and oxygen atoms in total. The van der Waals surface area contributed by atoms with Crippen molar-refractivity contribution in [1.82, 2.24) is 44.8 Å². The Kier molecular flexibility index (Phi) is 6.03. The minimum Gasteiger partial charge on any atom is -0.338 e. The monoisotopic (exact) mass is 552 g/mol. The summed E-state index contributed by atoms with van der Waals surface area (Å²) in [6.45, 7) is 2.95. The number of rotatable bonds is 5. The molecule has 0 spiro atoms. The topological polar surface area (TPSA) is 113 Å². The lowest BCUT2D eigenvalue weighted by molar-refractivity contribution is 0.202. The molecule has 2 aliphatic rings. The number of para-hydroxylation sites is 1. The maximum Gasteiger partial charge on any atom is 0.181 e. The third-order valence-electron chi connectivity index (χ3n) is 8.15. The maximum atomic E-state index is 4.78. The molecule has 2 aromatic carbocycles. The quantitative estimate of drug-likeness (QED) is 0.283. The van der Waals surface area contributed by atoms with E-state index in [1.54, 1.807) is 18.6 Å². The average Bonchev–Trinajstić information content (AvgIpc) is 3.69. The largest absolute Gasteiger partial charge is 0.338 e. The van der Waals surface area contributed by atoms with Crippen LogP contribution in [0.5, 0.6) is 0 Å².